The first-order chi connectivity index (χ1) is 14.5. The second-order valence-electron chi connectivity index (χ2n) is 6.79. The minimum absolute atomic E-state index is 0.189. The largest absolute Gasteiger partial charge is 0.381 e. The molecule has 2 aromatic carbocycles. The molecule has 4 rings (SSSR count). The number of anilines is 2. The lowest BCUT2D eigenvalue weighted by atomic mass is 10.1. The van der Waals surface area contributed by atoms with E-state index in [9.17, 15) is 8.78 Å². The molecule has 150 valence electrons. The summed E-state index contributed by atoms with van der Waals surface area (Å²) in [5, 5.41) is 3.13. The van der Waals surface area contributed by atoms with Crippen LogP contribution in [0.4, 0.5) is 20.4 Å². The van der Waals surface area contributed by atoms with E-state index in [0.717, 1.165) is 22.8 Å². The summed E-state index contributed by atoms with van der Waals surface area (Å²) in [6.07, 6.45) is 4.92. The summed E-state index contributed by atoms with van der Waals surface area (Å²) in [5.74, 6) is -0.221. The maximum absolute atomic E-state index is 13.5. The summed E-state index contributed by atoms with van der Waals surface area (Å²) in [5.41, 5.74) is 9.35. The Bertz CT molecular complexity index is 1170. The molecule has 0 fully saturated rings. The van der Waals surface area contributed by atoms with Crippen molar-refractivity contribution in [1.82, 2.24) is 19.9 Å². The molecule has 0 saturated carbocycles. The highest BCUT2D eigenvalue weighted by molar-refractivity contribution is 5.65. The molecule has 0 aliphatic heterocycles. The monoisotopic (exact) mass is 404 g/mol. The molecule has 0 amide bonds. The smallest absolute Gasteiger partial charge is 0.169 e. The third-order valence-electron chi connectivity index (χ3n) is 4.39. The summed E-state index contributed by atoms with van der Waals surface area (Å²) in [6.45, 7) is 2.35. The van der Waals surface area contributed by atoms with Crippen LogP contribution >= 0.6 is 0 Å². The molecule has 2 aromatic heterocycles. The number of aryl methyl sites for hydroxylation is 1. The van der Waals surface area contributed by atoms with Gasteiger partial charge in [-0.25, -0.2) is 28.7 Å². The van der Waals surface area contributed by atoms with Gasteiger partial charge in [0.2, 0.25) is 0 Å². The Balaban J connectivity index is 1.55. The lowest BCUT2D eigenvalue weighted by Gasteiger charge is -2.11. The van der Waals surface area contributed by atoms with Crippen LogP contribution in [0.25, 0.3) is 22.6 Å². The maximum atomic E-state index is 13.5. The van der Waals surface area contributed by atoms with Crippen molar-refractivity contribution in [3.8, 4) is 22.6 Å². The predicted octanol–water partition coefficient (Wildman–Crippen LogP) is 4.38. The second kappa shape index (κ2) is 8.20. The first-order valence-corrected chi connectivity index (χ1v) is 9.19. The van der Waals surface area contributed by atoms with Crippen molar-refractivity contribution in [1.29, 1.82) is 0 Å². The molecule has 0 atom stereocenters. The molecule has 2 heterocycles. The molecule has 0 spiro atoms. The lowest BCUT2D eigenvalue weighted by molar-refractivity contribution is 0.584. The van der Waals surface area contributed by atoms with Crippen molar-refractivity contribution >= 4 is 11.6 Å². The van der Waals surface area contributed by atoms with Gasteiger partial charge in [0.05, 0.1) is 11.9 Å². The molecule has 0 unspecified atom stereocenters. The Kier molecular flexibility index (Phi) is 5.30. The highest BCUT2D eigenvalue weighted by atomic mass is 19.1. The fourth-order valence-electron chi connectivity index (χ4n) is 2.92. The van der Waals surface area contributed by atoms with Crippen LogP contribution in [0.5, 0.6) is 0 Å². The van der Waals surface area contributed by atoms with Gasteiger partial charge < -0.3 is 11.1 Å². The quantitative estimate of drug-likeness (QED) is 0.513. The Labute approximate surface area is 171 Å². The van der Waals surface area contributed by atoms with Crippen LogP contribution in [0, 0.1) is 18.6 Å². The Morgan fingerprint density at radius 2 is 1.63 bits per heavy atom. The van der Waals surface area contributed by atoms with E-state index in [1.54, 1.807) is 12.4 Å². The normalized spacial score (nSPS) is 10.8. The molecular weight excluding hydrogens is 386 g/mol. The highest BCUT2D eigenvalue weighted by Crippen LogP contribution is 2.24. The fourth-order valence-corrected chi connectivity index (χ4v) is 2.92. The number of nitrogens with two attached hydrogens (primary N) is 1. The molecule has 0 bridgehead atoms. The zero-order valence-electron chi connectivity index (χ0n) is 16.1. The molecule has 30 heavy (non-hydrogen) atoms. The Hall–Kier alpha value is -3.94. The number of nitrogen functional groups attached to an aromatic ring is 1. The van der Waals surface area contributed by atoms with E-state index in [1.807, 2.05) is 31.2 Å². The summed E-state index contributed by atoms with van der Waals surface area (Å²) in [6, 6.07) is 10.9. The molecule has 0 aliphatic carbocycles. The third-order valence-corrected chi connectivity index (χ3v) is 4.39. The third kappa shape index (κ3) is 4.38. The van der Waals surface area contributed by atoms with Crippen LogP contribution in [0.15, 0.2) is 61.1 Å². The summed E-state index contributed by atoms with van der Waals surface area (Å²) in [7, 11) is 0. The molecule has 0 aliphatic rings. The fraction of sp³-hybridized carbons (Fsp3) is 0.0909. The van der Waals surface area contributed by atoms with E-state index < -0.39 is 11.6 Å². The van der Waals surface area contributed by atoms with Crippen LogP contribution in [0.1, 0.15) is 11.1 Å². The highest BCUT2D eigenvalue weighted by Gasteiger charge is 2.10. The van der Waals surface area contributed by atoms with Crippen molar-refractivity contribution in [3.63, 3.8) is 0 Å². The number of nitrogens with zero attached hydrogens (tertiary/aromatic N) is 4. The van der Waals surface area contributed by atoms with Gasteiger partial charge in [-0.1, -0.05) is 18.2 Å². The number of nitrogens with one attached hydrogen (secondary N) is 1. The summed E-state index contributed by atoms with van der Waals surface area (Å²) in [4.78, 5) is 17.2. The van der Waals surface area contributed by atoms with E-state index in [2.05, 4.69) is 25.3 Å². The molecule has 3 N–H and O–H groups in total. The molecule has 0 saturated heterocycles. The molecule has 0 radical (unpaired) electrons. The summed E-state index contributed by atoms with van der Waals surface area (Å²) < 4.78 is 27.0. The van der Waals surface area contributed by atoms with E-state index >= 15 is 0 Å². The van der Waals surface area contributed by atoms with Gasteiger partial charge in [-0.2, -0.15) is 0 Å². The van der Waals surface area contributed by atoms with Gasteiger partial charge in [0, 0.05) is 36.1 Å². The molecule has 4 aromatic rings. The Morgan fingerprint density at radius 1 is 0.900 bits per heavy atom. The van der Waals surface area contributed by atoms with Crippen molar-refractivity contribution < 1.29 is 8.78 Å². The second-order valence-corrected chi connectivity index (χ2v) is 6.79. The van der Waals surface area contributed by atoms with Crippen molar-refractivity contribution in [3.05, 3.63) is 83.8 Å². The van der Waals surface area contributed by atoms with Crippen molar-refractivity contribution in [2.75, 3.05) is 11.1 Å². The van der Waals surface area contributed by atoms with Gasteiger partial charge in [0.15, 0.2) is 17.5 Å². The number of halogens is 2. The molecular formula is C22H18F2N6. The van der Waals surface area contributed by atoms with Crippen LogP contribution in [-0.2, 0) is 6.54 Å². The van der Waals surface area contributed by atoms with Crippen LogP contribution in [0.3, 0.4) is 0 Å². The lowest BCUT2D eigenvalue weighted by Crippen LogP contribution is -2.07. The van der Waals surface area contributed by atoms with E-state index in [0.29, 0.717) is 23.9 Å². The van der Waals surface area contributed by atoms with Gasteiger partial charge in [0.1, 0.15) is 11.6 Å². The average Bonchev–Trinajstić information content (AvgIpc) is 2.73. The van der Waals surface area contributed by atoms with Crippen LogP contribution in [-0.4, -0.2) is 19.9 Å². The van der Waals surface area contributed by atoms with E-state index in [-0.39, 0.29) is 11.4 Å². The number of hydrogen-bond donors (Lipinski definition) is 2. The summed E-state index contributed by atoms with van der Waals surface area (Å²) >= 11 is 0. The van der Waals surface area contributed by atoms with Crippen molar-refractivity contribution in [2.45, 2.75) is 13.5 Å². The van der Waals surface area contributed by atoms with Gasteiger partial charge in [-0.15, -0.1) is 0 Å². The minimum atomic E-state index is -0.687. The van der Waals surface area contributed by atoms with Crippen LogP contribution in [0.2, 0.25) is 0 Å². The average molecular weight is 404 g/mol. The van der Waals surface area contributed by atoms with Gasteiger partial charge in [0.25, 0.3) is 0 Å². The maximum Gasteiger partial charge on any atom is 0.169 e. The first kappa shape index (κ1) is 19.4. The standard InChI is InChI=1S/C22H18F2N6/c1-13-9-27-21(28-10-13)15-4-2-3-14(5-15)11-29-22-20(25)26-12-19(30-22)16-6-17(23)8-18(24)7-16/h2-10,12H,11H2,1H3,(H2,25,26)(H,29,30). The predicted molar refractivity (Wildman–Crippen MR) is 111 cm³/mol. The van der Waals surface area contributed by atoms with Crippen LogP contribution < -0.4 is 11.1 Å². The van der Waals surface area contributed by atoms with Gasteiger partial charge in [-0.05, 0) is 36.2 Å². The van der Waals surface area contributed by atoms with E-state index in [1.165, 1.54) is 18.3 Å². The number of rotatable bonds is 5. The first-order valence-electron chi connectivity index (χ1n) is 9.19. The number of aromatic nitrogens is 4. The molecule has 8 heteroatoms. The van der Waals surface area contributed by atoms with E-state index in [4.69, 9.17) is 5.73 Å². The zero-order valence-corrected chi connectivity index (χ0v) is 16.1. The van der Waals surface area contributed by atoms with Gasteiger partial charge in [-0.3, -0.25) is 0 Å². The Morgan fingerprint density at radius 3 is 2.37 bits per heavy atom. The topological polar surface area (TPSA) is 89.6 Å². The number of hydrogen-bond acceptors (Lipinski definition) is 6. The zero-order chi connectivity index (χ0) is 21.1. The molecule has 6 nitrogen and oxygen atoms in total. The minimum Gasteiger partial charge on any atom is -0.381 e. The van der Waals surface area contributed by atoms with Crippen molar-refractivity contribution in [2.24, 2.45) is 0 Å². The number of benzene rings is 2. The SMILES string of the molecule is Cc1cnc(-c2cccc(CNc3nc(-c4cc(F)cc(F)c4)cnc3N)c2)nc1. The van der Waals surface area contributed by atoms with Gasteiger partial charge >= 0.3 is 0 Å².